The van der Waals surface area contributed by atoms with Gasteiger partial charge in [-0.05, 0) is 30.2 Å². The van der Waals surface area contributed by atoms with Crippen molar-refractivity contribution in [2.24, 2.45) is 5.73 Å². The Morgan fingerprint density at radius 2 is 2.25 bits per heavy atom. The third kappa shape index (κ3) is 2.22. The van der Waals surface area contributed by atoms with E-state index < -0.39 is 0 Å². The van der Waals surface area contributed by atoms with Gasteiger partial charge in [0.2, 0.25) is 0 Å². The van der Waals surface area contributed by atoms with Gasteiger partial charge < -0.3 is 5.73 Å². The van der Waals surface area contributed by atoms with Crippen LogP contribution in [0.1, 0.15) is 17.2 Å². The molecule has 1 aromatic carbocycles. The number of hydrogen-bond donors (Lipinski definition) is 1. The SMILES string of the molecule is Cc1ccc(Br)cc1C(N)CCl. The Kier molecular flexibility index (Phi) is 3.56. The molecular weight excluding hydrogens is 237 g/mol. The monoisotopic (exact) mass is 247 g/mol. The second kappa shape index (κ2) is 4.26. The summed E-state index contributed by atoms with van der Waals surface area (Å²) in [4.78, 5) is 0. The van der Waals surface area contributed by atoms with E-state index in [9.17, 15) is 0 Å². The molecule has 1 aromatic rings. The molecule has 0 fully saturated rings. The second-order valence-electron chi connectivity index (χ2n) is 2.76. The average molecular weight is 249 g/mol. The lowest BCUT2D eigenvalue weighted by Gasteiger charge is -2.11. The van der Waals surface area contributed by atoms with Crippen LogP contribution in [-0.4, -0.2) is 5.88 Å². The van der Waals surface area contributed by atoms with E-state index in [4.69, 9.17) is 17.3 Å². The van der Waals surface area contributed by atoms with E-state index in [1.807, 2.05) is 25.1 Å². The third-order valence-electron chi connectivity index (χ3n) is 1.81. The first-order chi connectivity index (χ1) is 5.65. The van der Waals surface area contributed by atoms with Crippen molar-refractivity contribution in [3.05, 3.63) is 33.8 Å². The van der Waals surface area contributed by atoms with Gasteiger partial charge in [0, 0.05) is 16.4 Å². The van der Waals surface area contributed by atoms with Gasteiger partial charge in [0.1, 0.15) is 0 Å². The smallest absolute Gasteiger partial charge is 0.0435 e. The summed E-state index contributed by atoms with van der Waals surface area (Å²) in [5.41, 5.74) is 8.11. The average Bonchev–Trinajstić information content (AvgIpc) is 2.08. The number of hydrogen-bond acceptors (Lipinski definition) is 1. The minimum atomic E-state index is -0.0656. The van der Waals surface area contributed by atoms with E-state index in [-0.39, 0.29) is 6.04 Å². The summed E-state index contributed by atoms with van der Waals surface area (Å²) in [6.45, 7) is 2.04. The Bertz CT molecular complexity index is 275. The Morgan fingerprint density at radius 3 is 2.83 bits per heavy atom. The molecule has 3 heteroatoms. The molecule has 12 heavy (non-hydrogen) atoms. The van der Waals surface area contributed by atoms with Gasteiger partial charge in [-0.25, -0.2) is 0 Å². The standard InChI is InChI=1S/C9H11BrClN/c1-6-2-3-7(10)4-8(6)9(12)5-11/h2-4,9H,5,12H2,1H3. The highest BCUT2D eigenvalue weighted by Crippen LogP contribution is 2.21. The van der Waals surface area contributed by atoms with E-state index in [1.54, 1.807) is 0 Å². The van der Waals surface area contributed by atoms with Gasteiger partial charge in [0.05, 0.1) is 0 Å². The Morgan fingerprint density at radius 1 is 1.58 bits per heavy atom. The summed E-state index contributed by atoms with van der Waals surface area (Å²) in [6.07, 6.45) is 0. The van der Waals surface area contributed by atoms with Crippen LogP contribution in [0.25, 0.3) is 0 Å². The van der Waals surface area contributed by atoms with E-state index in [1.165, 1.54) is 5.56 Å². The number of rotatable bonds is 2. The number of alkyl halides is 1. The van der Waals surface area contributed by atoms with E-state index in [0.717, 1.165) is 10.0 Å². The molecule has 0 saturated heterocycles. The molecule has 0 saturated carbocycles. The van der Waals surface area contributed by atoms with Gasteiger partial charge in [-0.15, -0.1) is 11.6 Å². The first-order valence-electron chi connectivity index (χ1n) is 3.72. The van der Waals surface area contributed by atoms with Gasteiger partial charge in [-0.3, -0.25) is 0 Å². The minimum absolute atomic E-state index is 0.0656. The van der Waals surface area contributed by atoms with Crippen LogP contribution in [-0.2, 0) is 0 Å². The predicted molar refractivity (Wildman–Crippen MR) is 56.5 cm³/mol. The van der Waals surface area contributed by atoms with Crippen molar-refractivity contribution >= 4 is 27.5 Å². The summed E-state index contributed by atoms with van der Waals surface area (Å²) in [5.74, 6) is 0.456. The highest BCUT2D eigenvalue weighted by Gasteiger charge is 2.07. The van der Waals surface area contributed by atoms with Crippen LogP contribution in [0.5, 0.6) is 0 Å². The van der Waals surface area contributed by atoms with Gasteiger partial charge in [-0.2, -0.15) is 0 Å². The first kappa shape index (κ1) is 10.0. The van der Waals surface area contributed by atoms with Crippen LogP contribution in [0.2, 0.25) is 0 Å². The van der Waals surface area contributed by atoms with Crippen molar-refractivity contribution in [2.45, 2.75) is 13.0 Å². The summed E-state index contributed by atoms with van der Waals surface area (Å²) in [5, 5.41) is 0. The number of nitrogens with two attached hydrogens (primary N) is 1. The van der Waals surface area contributed by atoms with E-state index >= 15 is 0 Å². The molecular formula is C9H11BrClN. The van der Waals surface area contributed by atoms with Crippen LogP contribution in [0.4, 0.5) is 0 Å². The molecule has 0 amide bonds. The topological polar surface area (TPSA) is 26.0 Å². The van der Waals surface area contributed by atoms with Crippen molar-refractivity contribution in [3.63, 3.8) is 0 Å². The maximum Gasteiger partial charge on any atom is 0.0435 e. The van der Waals surface area contributed by atoms with Crippen molar-refractivity contribution in [1.29, 1.82) is 0 Å². The van der Waals surface area contributed by atoms with E-state index in [0.29, 0.717) is 5.88 Å². The summed E-state index contributed by atoms with van der Waals surface area (Å²) in [7, 11) is 0. The zero-order valence-electron chi connectivity index (χ0n) is 6.85. The molecule has 0 radical (unpaired) electrons. The Hall–Kier alpha value is -0.0500. The molecule has 1 rings (SSSR count). The molecule has 0 spiro atoms. The summed E-state index contributed by atoms with van der Waals surface area (Å²) >= 11 is 9.07. The molecule has 2 N–H and O–H groups in total. The largest absolute Gasteiger partial charge is 0.323 e. The molecule has 0 bridgehead atoms. The normalized spacial score (nSPS) is 13.0. The number of aryl methyl sites for hydroxylation is 1. The molecule has 0 aliphatic rings. The molecule has 0 heterocycles. The number of benzene rings is 1. The molecule has 66 valence electrons. The van der Waals surface area contributed by atoms with Gasteiger partial charge in [0.15, 0.2) is 0 Å². The molecule has 0 aliphatic carbocycles. The fraction of sp³-hybridized carbons (Fsp3) is 0.333. The quantitative estimate of drug-likeness (QED) is 0.800. The predicted octanol–water partition coefficient (Wildman–Crippen LogP) is 3.00. The van der Waals surface area contributed by atoms with Crippen molar-refractivity contribution < 1.29 is 0 Å². The zero-order chi connectivity index (χ0) is 9.14. The zero-order valence-corrected chi connectivity index (χ0v) is 9.19. The second-order valence-corrected chi connectivity index (χ2v) is 3.99. The fourth-order valence-corrected chi connectivity index (χ4v) is 1.64. The molecule has 1 atom stereocenters. The van der Waals surface area contributed by atoms with Crippen molar-refractivity contribution in [1.82, 2.24) is 0 Å². The summed E-state index contributed by atoms with van der Waals surface area (Å²) < 4.78 is 1.05. The lowest BCUT2D eigenvalue weighted by molar-refractivity contribution is 0.817. The minimum Gasteiger partial charge on any atom is -0.323 e. The molecule has 1 unspecified atom stereocenters. The van der Waals surface area contributed by atoms with Gasteiger partial charge in [0.25, 0.3) is 0 Å². The maximum absolute atomic E-state index is 5.81. The highest BCUT2D eigenvalue weighted by atomic mass is 79.9. The van der Waals surface area contributed by atoms with Crippen molar-refractivity contribution in [2.75, 3.05) is 5.88 Å². The lowest BCUT2D eigenvalue weighted by atomic mass is 10.0. The van der Waals surface area contributed by atoms with Gasteiger partial charge >= 0.3 is 0 Å². The third-order valence-corrected chi connectivity index (χ3v) is 2.63. The Labute approximate surface area is 86.0 Å². The fourth-order valence-electron chi connectivity index (χ4n) is 1.09. The van der Waals surface area contributed by atoms with Crippen LogP contribution in [0.15, 0.2) is 22.7 Å². The van der Waals surface area contributed by atoms with Crippen LogP contribution in [0.3, 0.4) is 0 Å². The van der Waals surface area contributed by atoms with Crippen LogP contribution in [0, 0.1) is 6.92 Å². The van der Waals surface area contributed by atoms with E-state index in [2.05, 4.69) is 15.9 Å². The Balaban J connectivity index is 3.04. The lowest BCUT2D eigenvalue weighted by Crippen LogP contribution is -2.12. The summed E-state index contributed by atoms with van der Waals surface area (Å²) in [6, 6.07) is 5.98. The molecule has 0 aromatic heterocycles. The highest BCUT2D eigenvalue weighted by molar-refractivity contribution is 9.10. The first-order valence-corrected chi connectivity index (χ1v) is 5.05. The number of halogens is 2. The van der Waals surface area contributed by atoms with Crippen LogP contribution < -0.4 is 5.73 Å². The maximum atomic E-state index is 5.81. The van der Waals surface area contributed by atoms with Crippen molar-refractivity contribution in [3.8, 4) is 0 Å². The molecule has 1 nitrogen and oxygen atoms in total. The van der Waals surface area contributed by atoms with Crippen LogP contribution >= 0.6 is 27.5 Å². The molecule has 0 aliphatic heterocycles. The van der Waals surface area contributed by atoms with Gasteiger partial charge in [-0.1, -0.05) is 22.0 Å².